The van der Waals surface area contributed by atoms with Crippen LogP contribution < -0.4 is 19.5 Å². The highest BCUT2D eigenvalue weighted by atomic mass is 35.5. The van der Waals surface area contributed by atoms with Gasteiger partial charge in [-0.2, -0.15) is 0 Å². The minimum Gasteiger partial charge on any atom is -0.495 e. The molecular formula is C27H25ClN2O5. The van der Waals surface area contributed by atoms with Crippen molar-refractivity contribution in [1.29, 1.82) is 0 Å². The zero-order valence-electron chi connectivity index (χ0n) is 19.6. The second-order valence-electron chi connectivity index (χ2n) is 8.50. The third-order valence-corrected chi connectivity index (χ3v) is 6.97. The number of nitrogens with one attached hydrogen (secondary N) is 1. The number of carbonyl (C=O) groups is 2. The number of rotatable bonds is 5. The third kappa shape index (κ3) is 3.86. The van der Waals surface area contributed by atoms with Gasteiger partial charge >= 0.3 is 0 Å². The molecule has 0 unspecified atom stereocenters. The first kappa shape index (κ1) is 23.1. The Morgan fingerprint density at radius 3 is 2.40 bits per heavy atom. The summed E-state index contributed by atoms with van der Waals surface area (Å²) in [6, 6.07) is 15.9. The van der Waals surface area contributed by atoms with E-state index in [1.54, 1.807) is 35.2 Å². The first-order chi connectivity index (χ1) is 17.0. The van der Waals surface area contributed by atoms with E-state index in [-0.39, 0.29) is 11.8 Å². The van der Waals surface area contributed by atoms with Gasteiger partial charge in [0.25, 0.3) is 5.91 Å². The van der Waals surface area contributed by atoms with E-state index < -0.39 is 12.0 Å². The van der Waals surface area contributed by atoms with Crippen LogP contribution in [0.25, 0.3) is 0 Å². The van der Waals surface area contributed by atoms with Crippen LogP contribution in [0.1, 0.15) is 39.0 Å². The summed E-state index contributed by atoms with van der Waals surface area (Å²) in [5.74, 6) is 0.264. The number of methoxy groups -OCH3 is 3. The molecule has 2 amide bonds. The van der Waals surface area contributed by atoms with E-state index in [4.69, 9.17) is 25.8 Å². The lowest BCUT2D eigenvalue weighted by molar-refractivity contribution is -0.119. The topological polar surface area (TPSA) is 77.1 Å². The SMILES string of the molecule is COc1ccc(Cl)cc1NC(=O)[C@H]1c2cc(OC)c(OC)cc2C(=O)N2CCc3ccccc3[C@H]12. The van der Waals surface area contributed by atoms with E-state index in [1.165, 1.54) is 21.3 Å². The minimum atomic E-state index is -0.701. The van der Waals surface area contributed by atoms with Crippen molar-refractivity contribution in [2.45, 2.75) is 18.4 Å². The molecule has 0 fully saturated rings. The number of hydrogen-bond donors (Lipinski definition) is 1. The molecule has 0 radical (unpaired) electrons. The Morgan fingerprint density at radius 2 is 1.66 bits per heavy atom. The van der Waals surface area contributed by atoms with Gasteiger partial charge in [0.05, 0.1) is 39.0 Å². The molecule has 180 valence electrons. The normalized spacial score (nSPS) is 18.2. The van der Waals surface area contributed by atoms with E-state index in [1.807, 2.05) is 18.2 Å². The molecule has 35 heavy (non-hydrogen) atoms. The standard InChI is InChI=1S/C27H25ClN2O5/c1-33-21-9-8-16(28)12-20(21)29-26(31)24-18-13-22(34-2)23(35-3)14-19(18)27(32)30-11-10-15-6-4-5-7-17(15)25(24)30/h4-9,12-14,24-25H,10-11H2,1-3H3,(H,29,31)/t24-,25+/m0/s1. The first-order valence-electron chi connectivity index (χ1n) is 11.3. The average Bonchev–Trinajstić information content (AvgIpc) is 2.88. The molecule has 3 aromatic rings. The summed E-state index contributed by atoms with van der Waals surface area (Å²) in [7, 11) is 4.58. The summed E-state index contributed by atoms with van der Waals surface area (Å²) in [6.07, 6.45) is 0.720. The van der Waals surface area contributed by atoms with Crippen molar-refractivity contribution >= 4 is 29.1 Å². The summed E-state index contributed by atoms with van der Waals surface area (Å²) < 4.78 is 16.4. The van der Waals surface area contributed by atoms with Gasteiger partial charge in [-0.15, -0.1) is 0 Å². The number of amides is 2. The van der Waals surface area contributed by atoms with Crippen molar-refractivity contribution in [3.05, 3.63) is 81.9 Å². The highest BCUT2D eigenvalue weighted by Gasteiger charge is 2.47. The molecular weight excluding hydrogens is 468 g/mol. The van der Waals surface area contributed by atoms with E-state index >= 15 is 0 Å². The number of nitrogens with zero attached hydrogens (tertiary/aromatic N) is 1. The number of anilines is 1. The van der Waals surface area contributed by atoms with Crippen LogP contribution >= 0.6 is 11.6 Å². The molecule has 0 spiro atoms. The van der Waals surface area contributed by atoms with Crippen LogP contribution in [0.5, 0.6) is 17.2 Å². The van der Waals surface area contributed by atoms with Gasteiger partial charge in [-0.1, -0.05) is 35.9 Å². The van der Waals surface area contributed by atoms with Gasteiger partial charge in [0.15, 0.2) is 11.5 Å². The van der Waals surface area contributed by atoms with Gasteiger partial charge in [-0.3, -0.25) is 9.59 Å². The van der Waals surface area contributed by atoms with Gasteiger partial charge in [0.1, 0.15) is 5.75 Å². The van der Waals surface area contributed by atoms with Crippen molar-refractivity contribution in [2.24, 2.45) is 0 Å². The highest BCUT2D eigenvalue weighted by Crippen LogP contribution is 2.49. The molecule has 0 aromatic heterocycles. The molecule has 2 heterocycles. The number of benzene rings is 3. The molecule has 5 rings (SSSR count). The van der Waals surface area contributed by atoms with E-state index in [9.17, 15) is 9.59 Å². The van der Waals surface area contributed by atoms with Crippen molar-refractivity contribution in [1.82, 2.24) is 4.90 Å². The maximum absolute atomic E-state index is 14.0. The number of halogens is 1. The largest absolute Gasteiger partial charge is 0.495 e. The Labute approximate surface area is 208 Å². The Hall–Kier alpha value is -3.71. The lowest BCUT2D eigenvalue weighted by Crippen LogP contribution is -2.49. The van der Waals surface area contributed by atoms with Crippen molar-refractivity contribution in [3.63, 3.8) is 0 Å². The molecule has 1 N–H and O–H groups in total. The quantitative estimate of drug-likeness (QED) is 0.551. The smallest absolute Gasteiger partial charge is 0.254 e. The van der Waals surface area contributed by atoms with Crippen LogP contribution in [0.2, 0.25) is 5.02 Å². The van der Waals surface area contributed by atoms with Gasteiger partial charge in [0, 0.05) is 17.1 Å². The average molecular weight is 493 g/mol. The predicted molar refractivity (Wildman–Crippen MR) is 133 cm³/mol. The zero-order valence-corrected chi connectivity index (χ0v) is 20.4. The Morgan fingerprint density at radius 1 is 0.943 bits per heavy atom. The lowest BCUT2D eigenvalue weighted by Gasteiger charge is -2.45. The Balaban J connectivity index is 1.69. The van der Waals surface area contributed by atoms with Crippen LogP contribution in [-0.2, 0) is 11.2 Å². The molecule has 3 aromatic carbocycles. The highest BCUT2D eigenvalue weighted by molar-refractivity contribution is 6.31. The van der Waals surface area contributed by atoms with Gasteiger partial charge in [0.2, 0.25) is 5.91 Å². The fraction of sp³-hybridized carbons (Fsp3) is 0.259. The van der Waals surface area contributed by atoms with Crippen molar-refractivity contribution in [2.75, 3.05) is 33.2 Å². The third-order valence-electron chi connectivity index (χ3n) is 6.73. The van der Waals surface area contributed by atoms with E-state index in [0.29, 0.717) is 45.6 Å². The molecule has 7 nitrogen and oxygen atoms in total. The van der Waals surface area contributed by atoms with Crippen molar-refractivity contribution in [3.8, 4) is 17.2 Å². The van der Waals surface area contributed by atoms with Crippen molar-refractivity contribution < 1.29 is 23.8 Å². The molecule has 0 saturated carbocycles. The minimum absolute atomic E-state index is 0.134. The summed E-state index contributed by atoms with van der Waals surface area (Å²) in [6.45, 7) is 0.512. The number of hydrogen-bond acceptors (Lipinski definition) is 5. The van der Waals surface area contributed by atoms with Gasteiger partial charge in [-0.05, 0) is 53.4 Å². The predicted octanol–water partition coefficient (Wildman–Crippen LogP) is 4.84. The van der Waals surface area contributed by atoms with Crippen LogP contribution in [0.4, 0.5) is 5.69 Å². The van der Waals surface area contributed by atoms with Crippen LogP contribution in [0, 0.1) is 0 Å². The lowest BCUT2D eigenvalue weighted by atomic mass is 9.75. The number of carbonyl (C=O) groups excluding carboxylic acids is 2. The zero-order chi connectivity index (χ0) is 24.7. The molecule has 2 aliphatic rings. The van der Waals surface area contributed by atoms with Gasteiger partial charge in [-0.25, -0.2) is 0 Å². The second-order valence-corrected chi connectivity index (χ2v) is 8.93. The first-order valence-corrected chi connectivity index (χ1v) is 11.6. The van der Waals surface area contributed by atoms with Crippen LogP contribution in [0.3, 0.4) is 0 Å². The Kier molecular flexibility index (Phi) is 6.03. The second kappa shape index (κ2) is 9.15. The summed E-state index contributed by atoms with van der Waals surface area (Å²) in [5, 5.41) is 3.47. The molecule has 2 atom stereocenters. The fourth-order valence-corrected chi connectivity index (χ4v) is 5.29. The van der Waals surface area contributed by atoms with E-state index in [2.05, 4.69) is 11.4 Å². The van der Waals surface area contributed by atoms with E-state index in [0.717, 1.165) is 17.5 Å². The molecule has 8 heteroatoms. The molecule has 0 saturated heterocycles. The molecule has 0 bridgehead atoms. The Bertz CT molecular complexity index is 1320. The van der Waals surface area contributed by atoms with Gasteiger partial charge < -0.3 is 24.4 Å². The maximum Gasteiger partial charge on any atom is 0.254 e. The molecule has 2 aliphatic heterocycles. The fourth-order valence-electron chi connectivity index (χ4n) is 5.12. The summed E-state index contributed by atoms with van der Waals surface area (Å²) in [5.41, 5.74) is 3.56. The van der Waals surface area contributed by atoms with Crippen LogP contribution in [0.15, 0.2) is 54.6 Å². The monoisotopic (exact) mass is 492 g/mol. The molecule has 0 aliphatic carbocycles. The summed E-state index contributed by atoms with van der Waals surface area (Å²) >= 11 is 6.20. The summed E-state index contributed by atoms with van der Waals surface area (Å²) in [4.78, 5) is 29.5. The number of ether oxygens (including phenoxy) is 3. The number of fused-ring (bicyclic) bond motifs is 4. The maximum atomic E-state index is 14.0. The van der Waals surface area contributed by atoms with Crippen LogP contribution in [-0.4, -0.2) is 44.6 Å².